The third kappa shape index (κ3) is 6.38. The molecule has 1 aliphatic rings. The van der Waals surface area contributed by atoms with Gasteiger partial charge in [0.25, 0.3) is 5.89 Å². The third-order valence-corrected chi connectivity index (χ3v) is 7.93. The van der Waals surface area contributed by atoms with Gasteiger partial charge in [0.05, 0.1) is 11.0 Å². The second kappa shape index (κ2) is 11.3. The number of hydrogen-bond donors (Lipinski definition) is 2. The first-order valence-corrected chi connectivity index (χ1v) is 13.3. The number of nitrogens with zero attached hydrogens (tertiary/aromatic N) is 3. The Bertz CT molecular complexity index is 1420. The number of halogens is 3. The molecule has 0 spiro atoms. The minimum atomic E-state index is -4.53. The summed E-state index contributed by atoms with van der Waals surface area (Å²) in [5.41, 5.74) is 1.78. The van der Waals surface area contributed by atoms with Gasteiger partial charge in [0.15, 0.2) is 0 Å². The van der Waals surface area contributed by atoms with Gasteiger partial charge in [0, 0.05) is 30.6 Å². The molecule has 2 atom stereocenters. The zero-order chi connectivity index (χ0) is 27.6. The predicted octanol–water partition coefficient (Wildman–Crippen LogP) is 6.37. The lowest BCUT2D eigenvalue weighted by molar-refractivity contribution is -0.138. The van der Waals surface area contributed by atoms with E-state index in [1.54, 1.807) is 54.6 Å². The summed E-state index contributed by atoms with van der Waals surface area (Å²) < 4.78 is 46.6. The highest BCUT2D eigenvalue weighted by Gasteiger charge is 2.37. The molecule has 11 heteroatoms. The predicted molar refractivity (Wildman–Crippen MR) is 140 cm³/mol. The lowest BCUT2D eigenvalue weighted by Crippen LogP contribution is -2.38. The molecule has 204 valence electrons. The molecule has 7 nitrogen and oxygen atoms in total. The first-order valence-electron chi connectivity index (χ1n) is 12.5. The van der Waals surface area contributed by atoms with Crippen LogP contribution in [0.2, 0.25) is 0 Å². The highest BCUT2D eigenvalue weighted by atomic mass is 32.1. The largest absolute Gasteiger partial charge is 0.481 e. The van der Waals surface area contributed by atoms with Gasteiger partial charge >= 0.3 is 12.1 Å². The molecule has 0 bridgehead atoms. The van der Waals surface area contributed by atoms with Crippen molar-refractivity contribution in [2.45, 2.75) is 31.5 Å². The molecule has 1 aliphatic heterocycles. The molecule has 2 N–H and O–H groups in total. The van der Waals surface area contributed by atoms with Crippen molar-refractivity contribution < 1.29 is 32.7 Å². The summed E-state index contributed by atoms with van der Waals surface area (Å²) in [5.74, 6) is -0.508. The van der Waals surface area contributed by atoms with E-state index in [1.807, 2.05) is 0 Å². The SMILES string of the molecule is O=C(O)C[C@H]1CCCN(C[C@H](O)c2ccc(-c3noc(-c4cc(-c5ccccc5)c(C(F)(F)F)s4)n3)cc2)C1. The van der Waals surface area contributed by atoms with Crippen molar-refractivity contribution in [3.63, 3.8) is 0 Å². The zero-order valence-electron chi connectivity index (χ0n) is 20.8. The zero-order valence-corrected chi connectivity index (χ0v) is 21.6. The minimum Gasteiger partial charge on any atom is -0.481 e. The molecular weight excluding hydrogens is 531 g/mol. The number of rotatable bonds is 8. The number of aliphatic carboxylic acids is 1. The average Bonchev–Trinajstić information content (AvgIpc) is 3.57. The number of benzene rings is 2. The van der Waals surface area contributed by atoms with Crippen molar-refractivity contribution in [2.75, 3.05) is 19.6 Å². The van der Waals surface area contributed by atoms with Crippen LogP contribution in [0.5, 0.6) is 0 Å². The fourth-order valence-electron chi connectivity index (χ4n) is 4.91. The Labute approximate surface area is 226 Å². The van der Waals surface area contributed by atoms with Crippen LogP contribution in [0, 0.1) is 5.92 Å². The van der Waals surface area contributed by atoms with E-state index < -0.39 is 23.1 Å². The van der Waals surface area contributed by atoms with Crippen LogP contribution >= 0.6 is 11.3 Å². The first kappa shape index (κ1) is 27.0. The number of carboxylic acid groups (broad SMARTS) is 1. The van der Waals surface area contributed by atoms with E-state index in [9.17, 15) is 23.1 Å². The van der Waals surface area contributed by atoms with Gasteiger partial charge in [-0.05, 0) is 42.5 Å². The van der Waals surface area contributed by atoms with Gasteiger partial charge < -0.3 is 19.6 Å². The van der Waals surface area contributed by atoms with Crippen LogP contribution in [0.15, 0.2) is 65.2 Å². The van der Waals surface area contributed by atoms with E-state index >= 15 is 0 Å². The standard InChI is InChI=1S/C28H26F3N3O4S/c29-28(30,31)25-21(18-6-2-1-3-7-18)14-23(39-25)27-32-26(33-38-27)20-10-8-19(9-11-20)22(35)16-34-12-4-5-17(15-34)13-24(36)37/h1-3,6-11,14,17,22,35H,4-5,12-13,15-16H2,(H,36,37)/t17-,22+/m1/s1. The van der Waals surface area contributed by atoms with Crippen LogP contribution in [0.3, 0.4) is 0 Å². The number of aliphatic hydroxyl groups excluding tert-OH is 1. The summed E-state index contributed by atoms with van der Waals surface area (Å²) >= 11 is 0.557. The van der Waals surface area contributed by atoms with Crippen molar-refractivity contribution in [1.29, 1.82) is 0 Å². The highest BCUT2D eigenvalue weighted by Crippen LogP contribution is 2.45. The van der Waals surface area contributed by atoms with Crippen molar-refractivity contribution in [1.82, 2.24) is 15.0 Å². The van der Waals surface area contributed by atoms with Crippen LogP contribution in [-0.2, 0) is 11.0 Å². The van der Waals surface area contributed by atoms with Gasteiger partial charge in [0.1, 0.15) is 4.88 Å². The first-order chi connectivity index (χ1) is 18.7. The van der Waals surface area contributed by atoms with Gasteiger partial charge in [-0.3, -0.25) is 4.79 Å². The van der Waals surface area contributed by atoms with Gasteiger partial charge in [0.2, 0.25) is 5.82 Å². The summed E-state index contributed by atoms with van der Waals surface area (Å²) in [7, 11) is 0. The molecule has 0 aliphatic carbocycles. The Morgan fingerprint density at radius 2 is 1.87 bits per heavy atom. The summed E-state index contributed by atoms with van der Waals surface area (Å²) in [6.45, 7) is 1.84. The summed E-state index contributed by atoms with van der Waals surface area (Å²) in [6.07, 6.45) is -3.39. The van der Waals surface area contributed by atoms with Crippen LogP contribution in [0.4, 0.5) is 13.2 Å². The summed E-state index contributed by atoms with van der Waals surface area (Å²) in [4.78, 5) is 16.9. The van der Waals surface area contributed by atoms with E-state index in [4.69, 9.17) is 9.63 Å². The van der Waals surface area contributed by atoms with Gasteiger partial charge in [-0.1, -0.05) is 59.8 Å². The molecule has 4 aromatic rings. The molecular formula is C28H26F3N3O4S. The molecule has 3 heterocycles. The Morgan fingerprint density at radius 3 is 2.56 bits per heavy atom. The average molecular weight is 558 g/mol. The maximum absolute atomic E-state index is 13.8. The Hall–Kier alpha value is -3.54. The number of carbonyl (C=O) groups is 1. The van der Waals surface area contributed by atoms with Crippen molar-refractivity contribution in [3.8, 4) is 33.3 Å². The fourth-order valence-corrected chi connectivity index (χ4v) is 5.88. The normalized spacial score (nSPS) is 17.3. The summed E-state index contributed by atoms with van der Waals surface area (Å²) in [5, 5.41) is 23.8. The monoisotopic (exact) mass is 557 g/mol. The molecule has 0 unspecified atom stereocenters. The Kier molecular flexibility index (Phi) is 7.83. The molecule has 0 saturated carbocycles. The molecule has 2 aromatic heterocycles. The number of carboxylic acids is 1. The topological polar surface area (TPSA) is 99.7 Å². The van der Waals surface area contributed by atoms with Crippen molar-refractivity contribution in [2.24, 2.45) is 5.92 Å². The molecule has 5 rings (SSSR count). The molecule has 1 saturated heterocycles. The van der Waals surface area contributed by atoms with Crippen LogP contribution < -0.4 is 0 Å². The summed E-state index contributed by atoms with van der Waals surface area (Å²) in [6, 6.07) is 16.7. The van der Waals surface area contributed by atoms with Gasteiger partial charge in [-0.25, -0.2) is 0 Å². The molecule has 1 fully saturated rings. The number of piperidine rings is 1. The van der Waals surface area contributed by atoms with Crippen LogP contribution in [0.25, 0.3) is 33.3 Å². The van der Waals surface area contributed by atoms with E-state index in [0.717, 1.165) is 19.4 Å². The van der Waals surface area contributed by atoms with Crippen LogP contribution in [0.1, 0.15) is 35.8 Å². The highest BCUT2D eigenvalue weighted by molar-refractivity contribution is 7.16. The smallest absolute Gasteiger partial charge is 0.426 e. The van der Waals surface area contributed by atoms with E-state index in [-0.39, 0.29) is 34.5 Å². The lowest BCUT2D eigenvalue weighted by Gasteiger charge is -2.33. The lowest BCUT2D eigenvalue weighted by atomic mass is 9.94. The molecule has 39 heavy (non-hydrogen) atoms. The fraction of sp³-hybridized carbons (Fsp3) is 0.321. The van der Waals surface area contributed by atoms with Gasteiger partial charge in [-0.2, -0.15) is 18.2 Å². The maximum Gasteiger partial charge on any atom is 0.426 e. The quantitative estimate of drug-likeness (QED) is 0.260. The number of aliphatic hydroxyl groups is 1. The number of likely N-dealkylation sites (tertiary alicyclic amines) is 1. The Morgan fingerprint density at radius 1 is 1.13 bits per heavy atom. The molecule has 2 aromatic carbocycles. The van der Waals surface area contributed by atoms with Gasteiger partial charge in [-0.15, -0.1) is 11.3 Å². The maximum atomic E-state index is 13.8. The minimum absolute atomic E-state index is 0.00666. The Balaban J connectivity index is 1.30. The molecule has 0 amide bonds. The van der Waals surface area contributed by atoms with Crippen molar-refractivity contribution >= 4 is 17.3 Å². The third-order valence-electron chi connectivity index (χ3n) is 6.76. The second-order valence-electron chi connectivity index (χ2n) is 9.64. The number of β-amino-alcohol motifs (C(OH)–C–C–N with tert-alkyl or cyclic N) is 1. The van der Waals surface area contributed by atoms with E-state index in [2.05, 4.69) is 15.0 Å². The molecule has 0 radical (unpaired) electrons. The second-order valence-corrected chi connectivity index (χ2v) is 10.7. The van der Waals surface area contributed by atoms with E-state index in [0.29, 0.717) is 41.1 Å². The number of hydrogen-bond acceptors (Lipinski definition) is 7. The number of thiophene rings is 1. The number of alkyl halides is 3. The van der Waals surface area contributed by atoms with Crippen LogP contribution in [-0.4, -0.2) is 50.9 Å². The van der Waals surface area contributed by atoms with E-state index in [1.165, 1.54) is 6.07 Å². The number of aromatic nitrogens is 2. The van der Waals surface area contributed by atoms with Crippen molar-refractivity contribution in [3.05, 3.63) is 71.1 Å².